The van der Waals surface area contributed by atoms with E-state index in [2.05, 4.69) is 60.6 Å². The van der Waals surface area contributed by atoms with Crippen LogP contribution in [0.25, 0.3) is 0 Å². The fourth-order valence-corrected chi connectivity index (χ4v) is 2.12. The average Bonchev–Trinajstić information content (AvgIpc) is 2.68. The van der Waals surface area contributed by atoms with Crippen molar-refractivity contribution in [1.82, 2.24) is 9.78 Å². The van der Waals surface area contributed by atoms with Gasteiger partial charge in [0, 0.05) is 39.1 Å². The summed E-state index contributed by atoms with van der Waals surface area (Å²) in [6.07, 6.45) is 2.01. The van der Waals surface area contributed by atoms with E-state index in [1.165, 1.54) is 11.3 Å². The van der Waals surface area contributed by atoms with Gasteiger partial charge in [0.05, 0.1) is 11.4 Å². The van der Waals surface area contributed by atoms with Gasteiger partial charge >= 0.3 is 0 Å². The molecule has 0 radical (unpaired) electrons. The zero-order valence-corrected chi connectivity index (χ0v) is 12.3. The van der Waals surface area contributed by atoms with Gasteiger partial charge in [-0.1, -0.05) is 12.1 Å². The molecule has 2 aromatic rings. The maximum atomic E-state index is 4.34. The zero-order chi connectivity index (χ0) is 14.0. The number of benzene rings is 1. The predicted molar refractivity (Wildman–Crippen MR) is 80.8 cm³/mol. The summed E-state index contributed by atoms with van der Waals surface area (Å²) < 4.78 is 1.83. The summed E-state index contributed by atoms with van der Waals surface area (Å²) in [5.41, 5.74) is 4.60. The van der Waals surface area contributed by atoms with Crippen LogP contribution in [0.4, 0.5) is 11.4 Å². The van der Waals surface area contributed by atoms with Crippen LogP contribution in [0.1, 0.15) is 24.2 Å². The average molecular weight is 258 g/mol. The number of rotatable bonds is 4. The van der Waals surface area contributed by atoms with Crippen LogP contribution < -0.4 is 10.2 Å². The van der Waals surface area contributed by atoms with Crippen LogP contribution in [-0.4, -0.2) is 23.9 Å². The van der Waals surface area contributed by atoms with Crippen molar-refractivity contribution in [2.45, 2.75) is 19.9 Å². The van der Waals surface area contributed by atoms with Crippen molar-refractivity contribution in [1.29, 1.82) is 0 Å². The molecule has 0 bridgehead atoms. The third-order valence-electron chi connectivity index (χ3n) is 3.29. The Morgan fingerprint density at radius 2 is 1.84 bits per heavy atom. The Morgan fingerprint density at radius 3 is 2.32 bits per heavy atom. The van der Waals surface area contributed by atoms with Crippen LogP contribution in [0.2, 0.25) is 0 Å². The van der Waals surface area contributed by atoms with Crippen LogP contribution in [0, 0.1) is 6.92 Å². The highest BCUT2D eigenvalue weighted by atomic mass is 15.3. The Labute approximate surface area is 115 Å². The van der Waals surface area contributed by atoms with Crippen LogP contribution in [0.5, 0.6) is 0 Å². The van der Waals surface area contributed by atoms with Crippen LogP contribution in [0.15, 0.2) is 30.5 Å². The maximum absolute atomic E-state index is 4.34. The lowest BCUT2D eigenvalue weighted by molar-refractivity contribution is 0.756. The monoisotopic (exact) mass is 258 g/mol. The molecule has 1 aromatic carbocycles. The molecule has 0 saturated carbocycles. The highest BCUT2D eigenvalue weighted by molar-refractivity contribution is 5.50. The van der Waals surface area contributed by atoms with Crippen LogP contribution in [0.3, 0.4) is 0 Å². The largest absolute Gasteiger partial charge is 0.378 e. The van der Waals surface area contributed by atoms with E-state index >= 15 is 0 Å². The quantitative estimate of drug-likeness (QED) is 0.915. The minimum atomic E-state index is 0.263. The summed E-state index contributed by atoms with van der Waals surface area (Å²) in [6, 6.07) is 8.88. The van der Waals surface area contributed by atoms with Crippen molar-refractivity contribution in [2.75, 3.05) is 24.3 Å². The van der Waals surface area contributed by atoms with Gasteiger partial charge < -0.3 is 10.2 Å². The number of aryl methyl sites for hydroxylation is 2. The van der Waals surface area contributed by atoms with Gasteiger partial charge in [-0.05, 0) is 31.5 Å². The Balaban J connectivity index is 2.11. The molecule has 0 spiro atoms. The van der Waals surface area contributed by atoms with Crippen LogP contribution >= 0.6 is 0 Å². The second kappa shape index (κ2) is 5.34. The summed E-state index contributed by atoms with van der Waals surface area (Å²) in [4.78, 5) is 2.10. The summed E-state index contributed by atoms with van der Waals surface area (Å²) in [7, 11) is 6.04. The summed E-state index contributed by atoms with van der Waals surface area (Å²) in [6.45, 7) is 4.18. The maximum Gasteiger partial charge on any atom is 0.0825 e. The van der Waals surface area contributed by atoms with Gasteiger partial charge in [0.2, 0.25) is 0 Å². The van der Waals surface area contributed by atoms with Gasteiger partial charge in [0.15, 0.2) is 0 Å². The molecule has 4 nitrogen and oxygen atoms in total. The van der Waals surface area contributed by atoms with Gasteiger partial charge in [-0.15, -0.1) is 0 Å². The molecule has 1 aromatic heterocycles. The van der Waals surface area contributed by atoms with Crippen molar-refractivity contribution in [3.8, 4) is 0 Å². The number of nitrogens with zero attached hydrogens (tertiary/aromatic N) is 3. The minimum Gasteiger partial charge on any atom is -0.378 e. The molecule has 0 aliphatic heterocycles. The van der Waals surface area contributed by atoms with E-state index in [1.807, 2.05) is 24.9 Å². The lowest BCUT2D eigenvalue weighted by Crippen LogP contribution is -2.10. The SMILES string of the molecule is Cc1nn(C)cc1NC(C)c1ccc(N(C)C)cc1. The van der Waals surface area contributed by atoms with Gasteiger partial charge in [-0.2, -0.15) is 5.10 Å². The Bertz CT molecular complexity index is 540. The first-order chi connectivity index (χ1) is 8.97. The van der Waals surface area contributed by atoms with Crippen molar-refractivity contribution in [3.63, 3.8) is 0 Å². The normalized spacial score (nSPS) is 12.3. The third-order valence-corrected chi connectivity index (χ3v) is 3.29. The zero-order valence-electron chi connectivity index (χ0n) is 12.3. The highest BCUT2D eigenvalue weighted by Gasteiger charge is 2.09. The molecule has 102 valence electrons. The van der Waals surface area contributed by atoms with Crippen molar-refractivity contribution < 1.29 is 0 Å². The van der Waals surface area contributed by atoms with Crippen molar-refractivity contribution in [2.24, 2.45) is 7.05 Å². The van der Waals surface area contributed by atoms with E-state index in [4.69, 9.17) is 0 Å². The first kappa shape index (κ1) is 13.5. The fourth-order valence-electron chi connectivity index (χ4n) is 2.12. The standard InChI is InChI=1S/C15H22N4/c1-11(16-15-10-19(5)17-12(15)2)13-6-8-14(9-7-13)18(3)4/h6-11,16H,1-5H3. The van der Waals surface area contributed by atoms with Crippen LogP contribution in [-0.2, 0) is 7.05 Å². The molecule has 4 heteroatoms. The Hall–Kier alpha value is -1.97. The van der Waals surface area contributed by atoms with Crippen molar-refractivity contribution in [3.05, 3.63) is 41.7 Å². The fraction of sp³-hybridized carbons (Fsp3) is 0.400. The molecule has 1 unspecified atom stereocenters. The topological polar surface area (TPSA) is 33.1 Å². The molecule has 1 heterocycles. The first-order valence-electron chi connectivity index (χ1n) is 6.51. The van der Waals surface area contributed by atoms with E-state index in [1.54, 1.807) is 0 Å². The third kappa shape index (κ3) is 3.08. The lowest BCUT2D eigenvalue weighted by atomic mass is 10.1. The number of nitrogens with one attached hydrogen (secondary N) is 1. The van der Waals surface area contributed by atoms with E-state index < -0.39 is 0 Å². The molecule has 1 atom stereocenters. The number of hydrogen-bond donors (Lipinski definition) is 1. The van der Waals surface area contributed by atoms with E-state index in [0.29, 0.717) is 0 Å². The van der Waals surface area contributed by atoms with Gasteiger partial charge in [0.25, 0.3) is 0 Å². The smallest absolute Gasteiger partial charge is 0.0825 e. The molecule has 0 aliphatic rings. The lowest BCUT2D eigenvalue weighted by Gasteiger charge is -2.17. The molecule has 1 N–H and O–H groups in total. The van der Waals surface area contributed by atoms with E-state index in [9.17, 15) is 0 Å². The summed E-state index contributed by atoms with van der Waals surface area (Å²) in [5.74, 6) is 0. The van der Waals surface area contributed by atoms with E-state index in [0.717, 1.165) is 11.4 Å². The Morgan fingerprint density at radius 1 is 1.21 bits per heavy atom. The predicted octanol–water partition coefficient (Wildman–Crippen LogP) is 2.97. The van der Waals surface area contributed by atoms with E-state index in [-0.39, 0.29) is 6.04 Å². The summed E-state index contributed by atoms with van der Waals surface area (Å²) >= 11 is 0. The Kier molecular flexibility index (Phi) is 3.79. The molecule has 0 saturated heterocycles. The number of aromatic nitrogens is 2. The number of hydrogen-bond acceptors (Lipinski definition) is 3. The second-order valence-corrected chi connectivity index (χ2v) is 5.15. The second-order valence-electron chi connectivity index (χ2n) is 5.15. The molecule has 19 heavy (non-hydrogen) atoms. The van der Waals surface area contributed by atoms with Gasteiger partial charge in [-0.25, -0.2) is 0 Å². The van der Waals surface area contributed by atoms with Crippen molar-refractivity contribution >= 4 is 11.4 Å². The minimum absolute atomic E-state index is 0.263. The van der Waals surface area contributed by atoms with Gasteiger partial charge in [0.1, 0.15) is 0 Å². The highest BCUT2D eigenvalue weighted by Crippen LogP contribution is 2.23. The molecular weight excluding hydrogens is 236 g/mol. The summed E-state index contributed by atoms with van der Waals surface area (Å²) in [5, 5.41) is 7.84. The number of anilines is 2. The molecular formula is C15H22N4. The van der Waals surface area contributed by atoms with Gasteiger partial charge in [-0.3, -0.25) is 4.68 Å². The molecule has 0 aliphatic carbocycles. The first-order valence-corrected chi connectivity index (χ1v) is 6.51. The molecule has 0 amide bonds. The molecule has 2 rings (SSSR count). The molecule has 0 fully saturated rings.